The van der Waals surface area contributed by atoms with E-state index in [1.165, 1.54) is 12.1 Å². The monoisotopic (exact) mass is 531 g/mol. The molecular formula is C26H34FN5O4S. The number of pyridine rings is 2. The molecule has 0 saturated carbocycles. The number of hydrogen-bond acceptors (Lipinski definition) is 8. The van der Waals surface area contributed by atoms with Crippen LogP contribution in [0.15, 0.2) is 30.6 Å². The zero-order chi connectivity index (χ0) is 26.5. The Morgan fingerprint density at radius 2 is 1.97 bits per heavy atom. The van der Waals surface area contributed by atoms with E-state index in [0.29, 0.717) is 25.2 Å². The summed E-state index contributed by atoms with van der Waals surface area (Å²) in [5.74, 6) is 1.12. The summed E-state index contributed by atoms with van der Waals surface area (Å²) >= 11 is 1.81. The van der Waals surface area contributed by atoms with Crippen molar-refractivity contribution in [2.75, 3.05) is 34.8 Å². The number of nitrogens with zero attached hydrogens (tertiary/aromatic N) is 3. The van der Waals surface area contributed by atoms with Gasteiger partial charge in [0, 0.05) is 48.3 Å². The minimum absolute atomic E-state index is 0.0610. The van der Waals surface area contributed by atoms with Crippen molar-refractivity contribution in [3.8, 4) is 0 Å². The van der Waals surface area contributed by atoms with E-state index < -0.39 is 23.9 Å². The third-order valence-electron chi connectivity index (χ3n) is 6.69. The van der Waals surface area contributed by atoms with Crippen LogP contribution in [0.3, 0.4) is 0 Å². The van der Waals surface area contributed by atoms with E-state index in [1.807, 2.05) is 30.5 Å². The number of rotatable bonds is 6. The number of aromatic nitrogens is 2. The van der Waals surface area contributed by atoms with Crippen LogP contribution in [0.2, 0.25) is 0 Å². The summed E-state index contributed by atoms with van der Waals surface area (Å²) in [4.78, 5) is 35.8. The molecule has 4 atom stereocenters. The molecule has 0 radical (unpaired) electrons. The molecule has 2 N–H and O–H groups in total. The Kier molecular flexibility index (Phi) is 8.86. The number of hydrogen-bond donors (Lipinski definition) is 2. The van der Waals surface area contributed by atoms with Gasteiger partial charge in [0.2, 0.25) is 0 Å². The molecule has 0 aliphatic carbocycles. The van der Waals surface area contributed by atoms with Gasteiger partial charge in [-0.1, -0.05) is 6.92 Å². The van der Waals surface area contributed by atoms with Crippen molar-refractivity contribution in [1.82, 2.24) is 15.3 Å². The van der Waals surface area contributed by atoms with E-state index in [-0.39, 0.29) is 35.7 Å². The van der Waals surface area contributed by atoms with Crippen LogP contribution < -0.4 is 15.5 Å². The maximum atomic E-state index is 14.5. The number of halogens is 1. The molecule has 9 nitrogen and oxygen atoms in total. The van der Waals surface area contributed by atoms with Crippen LogP contribution in [-0.2, 0) is 9.47 Å². The second-order valence-corrected chi connectivity index (χ2v) is 10.9. The Balaban J connectivity index is 1.51. The second kappa shape index (κ2) is 12.1. The van der Waals surface area contributed by atoms with Crippen LogP contribution >= 0.6 is 11.8 Å². The van der Waals surface area contributed by atoms with E-state index in [9.17, 15) is 14.0 Å². The Hall–Kier alpha value is -2.92. The fourth-order valence-electron chi connectivity index (χ4n) is 4.53. The number of carbonyl (C=O) groups excluding carboxylic acids is 2. The number of nitrogens with one attached hydrogen (secondary N) is 2. The highest BCUT2D eigenvalue weighted by molar-refractivity contribution is 7.99. The normalized spacial score (nSPS) is 24.0. The zero-order valence-corrected chi connectivity index (χ0v) is 22.4. The maximum absolute atomic E-state index is 14.5. The minimum atomic E-state index is -0.464. The fourth-order valence-corrected chi connectivity index (χ4v) is 5.44. The highest BCUT2D eigenvalue weighted by atomic mass is 32.2. The van der Waals surface area contributed by atoms with Crippen molar-refractivity contribution in [2.24, 2.45) is 5.92 Å². The summed E-state index contributed by atoms with van der Waals surface area (Å²) < 4.78 is 26.1. The Morgan fingerprint density at radius 3 is 2.70 bits per heavy atom. The lowest BCUT2D eigenvalue weighted by Crippen LogP contribution is -2.48. The van der Waals surface area contributed by atoms with Gasteiger partial charge in [0.1, 0.15) is 5.69 Å². The number of alkyl carbamates (subject to hydrolysis) is 1. The van der Waals surface area contributed by atoms with Crippen molar-refractivity contribution in [2.45, 2.75) is 58.5 Å². The molecular weight excluding hydrogens is 497 g/mol. The average Bonchev–Trinajstić information content (AvgIpc) is 2.87. The molecule has 2 aromatic heterocycles. The zero-order valence-electron chi connectivity index (χ0n) is 21.6. The fraction of sp³-hybridized carbons (Fsp3) is 0.538. The molecule has 2 fully saturated rings. The first kappa shape index (κ1) is 27.1. The van der Waals surface area contributed by atoms with Gasteiger partial charge in [-0.25, -0.2) is 14.2 Å². The number of thioether (sulfide) groups is 1. The van der Waals surface area contributed by atoms with Gasteiger partial charge in [0.25, 0.3) is 5.91 Å². The molecule has 2 aliphatic rings. The molecule has 0 bridgehead atoms. The van der Waals surface area contributed by atoms with Gasteiger partial charge in [-0.15, -0.1) is 0 Å². The van der Waals surface area contributed by atoms with Crippen LogP contribution in [0.5, 0.6) is 0 Å². The average molecular weight is 532 g/mol. The van der Waals surface area contributed by atoms with E-state index in [2.05, 4.69) is 20.6 Å². The van der Waals surface area contributed by atoms with Crippen molar-refractivity contribution >= 4 is 35.3 Å². The lowest BCUT2D eigenvalue weighted by molar-refractivity contribution is -0.0844. The standard InChI is InChI=1S/C26H34FN5O4S/c1-15(2)35-26(34)31-21-13-23(36-17(4)16(21)3)18-7-8-28-14-22(18)30-25(33)20-6-5-19(27)24(29-20)32-9-11-37-12-10-32/h5-8,14-17,21,23H,9-13H2,1-4H3,(H,30,33)(H,31,34). The van der Waals surface area contributed by atoms with Gasteiger partial charge >= 0.3 is 6.09 Å². The number of carbonyl (C=O) groups is 2. The molecule has 2 aliphatic heterocycles. The molecule has 2 amide bonds. The summed E-state index contributed by atoms with van der Waals surface area (Å²) in [6, 6.07) is 4.27. The Morgan fingerprint density at radius 1 is 1.22 bits per heavy atom. The molecule has 4 unspecified atom stereocenters. The summed E-state index contributed by atoms with van der Waals surface area (Å²) in [5.41, 5.74) is 1.33. The van der Waals surface area contributed by atoms with Crippen LogP contribution in [0.1, 0.15) is 56.3 Å². The van der Waals surface area contributed by atoms with E-state index >= 15 is 0 Å². The summed E-state index contributed by atoms with van der Waals surface area (Å²) in [6.45, 7) is 8.95. The lowest BCUT2D eigenvalue weighted by atomic mass is 9.86. The molecule has 37 heavy (non-hydrogen) atoms. The van der Waals surface area contributed by atoms with Crippen molar-refractivity contribution in [1.29, 1.82) is 0 Å². The van der Waals surface area contributed by atoms with Crippen LogP contribution in [0.25, 0.3) is 0 Å². The first-order chi connectivity index (χ1) is 17.7. The predicted molar refractivity (Wildman–Crippen MR) is 142 cm³/mol. The third-order valence-corrected chi connectivity index (χ3v) is 7.63. The van der Waals surface area contributed by atoms with E-state index in [0.717, 1.165) is 17.1 Å². The SMILES string of the molecule is CC(C)OC(=O)NC1CC(c2ccncc2NC(=O)c2ccc(F)c(N3CCSCC3)n2)OC(C)C1C. The number of anilines is 2. The highest BCUT2D eigenvalue weighted by Crippen LogP contribution is 2.37. The van der Waals surface area contributed by atoms with Gasteiger partial charge in [-0.3, -0.25) is 9.78 Å². The molecule has 4 rings (SSSR count). The third kappa shape index (κ3) is 6.70. The van der Waals surface area contributed by atoms with Gasteiger partial charge in [0.15, 0.2) is 11.6 Å². The quantitative estimate of drug-likeness (QED) is 0.565. The Bertz CT molecular complexity index is 1110. The lowest BCUT2D eigenvalue weighted by Gasteiger charge is -2.40. The van der Waals surface area contributed by atoms with E-state index in [4.69, 9.17) is 9.47 Å². The summed E-state index contributed by atoms with van der Waals surface area (Å²) in [6.07, 6.45) is 2.46. The largest absolute Gasteiger partial charge is 0.447 e. The molecule has 4 heterocycles. The summed E-state index contributed by atoms with van der Waals surface area (Å²) in [5, 5.41) is 5.84. The first-order valence-corrected chi connectivity index (χ1v) is 13.8. The summed E-state index contributed by atoms with van der Waals surface area (Å²) in [7, 11) is 0. The van der Waals surface area contributed by atoms with E-state index in [1.54, 1.807) is 32.3 Å². The van der Waals surface area contributed by atoms with Crippen LogP contribution in [0, 0.1) is 11.7 Å². The Labute approximate surface area is 220 Å². The maximum Gasteiger partial charge on any atom is 0.407 e. The molecule has 2 saturated heterocycles. The topological polar surface area (TPSA) is 106 Å². The highest BCUT2D eigenvalue weighted by Gasteiger charge is 2.36. The van der Waals surface area contributed by atoms with Crippen LogP contribution in [0.4, 0.5) is 20.7 Å². The number of ether oxygens (including phenoxy) is 2. The van der Waals surface area contributed by atoms with Gasteiger partial charge in [0.05, 0.1) is 30.2 Å². The second-order valence-electron chi connectivity index (χ2n) is 9.65. The molecule has 0 aromatic carbocycles. The number of amides is 2. The minimum Gasteiger partial charge on any atom is -0.447 e. The molecule has 200 valence electrons. The first-order valence-electron chi connectivity index (χ1n) is 12.6. The van der Waals surface area contributed by atoms with Crippen molar-refractivity contribution in [3.63, 3.8) is 0 Å². The van der Waals surface area contributed by atoms with Gasteiger partial charge in [-0.2, -0.15) is 11.8 Å². The van der Waals surface area contributed by atoms with Gasteiger partial charge in [-0.05, 0) is 45.4 Å². The van der Waals surface area contributed by atoms with Crippen molar-refractivity contribution in [3.05, 3.63) is 47.7 Å². The molecule has 11 heteroatoms. The van der Waals surface area contributed by atoms with Gasteiger partial charge < -0.3 is 25.0 Å². The van der Waals surface area contributed by atoms with Crippen molar-refractivity contribution < 1.29 is 23.5 Å². The molecule has 2 aromatic rings. The molecule has 0 spiro atoms. The smallest absolute Gasteiger partial charge is 0.407 e. The van der Waals surface area contributed by atoms with Crippen LogP contribution in [-0.4, -0.2) is 64.8 Å². The predicted octanol–water partition coefficient (Wildman–Crippen LogP) is 4.41.